The molecule has 1 unspecified atom stereocenters. The molecule has 1 atom stereocenters. The zero-order valence-electron chi connectivity index (χ0n) is 8.43. The molecule has 5 heteroatoms. The Balaban J connectivity index is 2.28. The number of rotatable bonds is 2. The highest BCUT2D eigenvalue weighted by molar-refractivity contribution is 4.99. The summed E-state index contributed by atoms with van der Waals surface area (Å²) in [7, 11) is 0. The standard InChI is InChI=1S/C10H14N2O3/c13-7-8-4-5-9(14)12(11-8)10-3-1-2-6-15-10/h4-5,10,13H,1-3,6-7H2. The van der Waals surface area contributed by atoms with E-state index in [0.29, 0.717) is 12.3 Å². The van der Waals surface area contributed by atoms with Gasteiger partial charge in [-0.1, -0.05) is 0 Å². The lowest BCUT2D eigenvalue weighted by molar-refractivity contribution is -0.0430. The van der Waals surface area contributed by atoms with Crippen molar-refractivity contribution in [3.63, 3.8) is 0 Å². The molecule has 5 nitrogen and oxygen atoms in total. The van der Waals surface area contributed by atoms with Crippen molar-refractivity contribution in [3.8, 4) is 0 Å². The molecule has 2 rings (SSSR count). The Labute approximate surface area is 87.3 Å². The molecule has 0 bridgehead atoms. The fourth-order valence-corrected chi connectivity index (χ4v) is 1.67. The molecule has 0 aromatic carbocycles. The van der Waals surface area contributed by atoms with Crippen molar-refractivity contribution in [2.45, 2.75) is 32.1 Å². The van der Waals surface area contributed by atoms with E-state index in [-0.39, 0.29) is 18.4 Å². The molecule has 15 heavy (non-hydrogen) atoms. The van der Waals surface area contributed by atoms with Crippen LogP contribution in [-0.2, 0) is 11.3 Å². The van der Waals surface area contributed by atoms with Gasteiger partial charge in [0.2, 0.25) is 0 Å². The van der Waals surface area contributed by atoms with Crippen molar-refractivity contribution in [2.75, 3.05) is 6.61 Å². The van der Waals surface area contributed by atoms with Gasteiger partial charge in [-0.15, -0.1) is 0 Å². The summed E-state index contributed by atoms with van der Waals surface area (Å²) in [6.45, 7) is 0.509. The average Bonchev–Trinajstić information content (AvgIpc) is 2.31. The zero-order chi connectivity index (χ0) is 10.7. The van der Waals surface area contributed by atoms with E-state index in [1.165, 1.54) is 16.8 Å². The molecule has 0 saturated carbocycles. The summed E-state index contributed by atoms with van der Waals surface area (Å²) >= 11 is 0. The van der Waals surface area contributed by atoms with Gasteiger partial charge in [-0.05, 0) is 25.3 Å². The first-order chi connectivity index (χ1) is 7.31. The van der Waals surface area contributed by atoms with Crippen molar-refractivity contribution < 1.29 is 9.84 Å². The maximum atomic E-state index is 11.5. The minimum atomic E-state index is -0.266. The summed E-state index contributed by atoms with van der Waals surface area (Å²) in [6.07, 6.45) is 2.62. The van der Waals surface area contributed by atoms with Crippen LogP contribution in [0.4, 0.5) is 0 Å². The van der Waals surface area contributed by atoms with Gasteiger partial charge in [-0.25, -0.2) is 4.68 Å². The molecule has 1 fully saturated rings. The van der Waals surface area contributed by atoms with E-state index in [9.17, 15) is 4.79 Å². The van der Waals surface area contributed by atoms with Gasteiger partial charge in [0.25, 0.3) is 5.56 Å². The molecule has 1 aromatic heterocycles. The summed E-state index contributed by atoms with van der Waals surface area (Å²) in [4.78, 5) is 11.5. The van der Waals surface area contributed by atoms with Crippen molar-refractivity contribution in [1.29, 1.82) is 0 Å². The van der Waals surface area contributed by atoms with Gasteiger partial charge in [0.15, 0.2) is 6.23 Å². The van der Waals surface area contributed by atoms with Crippen LogP contribution in [0.5, 0.6) is 0 Å². The third-order valence-corrected chi connectivity index (χ3v) is 2.47. The smallest absolute Gasteiger partial charge is 0.269 e. The molecule has 1 aromatic rings. The number of aliphatic hydroxyl groups is 1. The summed E-state index contributed by atoms with van der Waals surface area (Å²) in [5.74, 6) is 0. The summed E-state index contributed by atoms with van der Waals surface area (Å²) in [6, 6.07) is 2.94. The average molecular weight is 210 g/mol. The van der Waals surface area contributed by atoms with Crippen LogP contribution < -0.4 is 5.56 Å². The fraction of sp³-hybridized carbons (Fsp3) is 0.600. The first-order valence-electron chi connectivity index (χ1n) is 5.12. The van der Waals surface area contributed by atoms with E-state index in [2.05, 4.69) is 5.10 Å². The van der Waals surface area contributed by atoms with Crippen LogP contribution in [0.1, 0.15) is 31.2 Å². The molecule has 1 saturated heterocycles. The molecule has 1 N–H and O–H groups in total. The first kappa shape index (κ1) is 10.3. The Morgan fingerprint density at radius 2 is 2.40 bits per heavy atom. The lowest BCUT2D eigenvalue weighted by Crippen LogP contribution is -2.31. The SMILES string of the molecule is O=c1ccc(CO)nn1C1CCCCO1. The summed E-state index contributed by atoms with van der Waals surface area (Å²) in [5, 5.41) is 13.0. The van der Waals surface area contributed by atoms with E-state index in [4.69, 9.17) is 9.84 Å². The summed E-state index contributed by atoms with van der Waals surface area (Å²) in [5.41, 5.74) is 0.308. The van der Waals surface area contributed by atoms with Gasteiger partial charge in [0.1, 0.15) is 0 Å². The van der Waals surface area contributed by atoms with E-state index in [0.717, 1.165) is 19.3 Å². The second-order valence-electron chi connectivity index (χ2n) is 3.59. The molecule has 0 radical (unpaired) electrons. The molecular weight excluding hydrogens is 196 g/mol. The number of aliphatic hydroxyl groups excluding tert-OH is 1. The predicted molar refractivity (Wildman–Crippen MR) is 53.3 cm³/mol. The lowest BCUT2D eigenvalue weighted by atomic mass is 10.2. The van der Waals surface area contributed by atoms with Crippen molar-refractivity contribution in [2.24, 2.45) is 0 Å². The Kier molecular flexibility index (Phi) is 3.13. The van der Waals surface area contributed by atoms with E-state index < -0.39 is 0 Å². The fourth-order valence-electron chi connectivity index (χ4n) is 1.67. The van der Waals surface area contributed by atoms with Crippen LogP contribution in [0.15, 0.2) is 16.9 Å². The number of hydrogen-bond acceptors (Lipinski definition) is 4. The van der Waals surface area contributed by atoms with E-state index in [1.54, 1.807) is 0 Å². The van der Waals surface area contributed by atoms with Crippen molar-refractivity contribution in [1.82, 2.24) is 9.78 Å². The quantitative estimate of drug-likeness (QED) is 0.769. The number of aromatic nitrogens is 2. The van der Waals surface area contributed by atoms with E-state index in [1.807, 2.05) is 0 Å². The molecule has 2 heterocycles. The predicted octanol–water partition coefficient (Wildman–Crippen LogP) is 0.435. The largest absolute Gasteiger partial charge is 0.390 e. The molecular formula is C10H14N2O3. The lowest BCUT2D eigenvalue weighted by Gasteiger charge is -2.23. The van der Waals surface area contributed by atoms with Crippen LogP contribution in [0.2, 0.25) is 0 Å². The van der Waals surface area contributed by atoms with Gasteiger partial charge in [-0.2, -0.15) is 5.10 Å². The van der Waals surface area contributed by atoms with Gasteiger partial charge in [-0.3, -0.25) is 4.79 Å². The number of hydrogen-bond donors (Lipinski definition) is 1. The van der Waals surface area contributed by atoms with Crippen molar-refractivity contribution in [3.05, 3.63) is 28.2 Å². The Bertz CT molecular complexity index is 382. The van der Waals surface area contributed by atoms with Gasteiger partial charge >= 0.3 is 0 Å². The van der Waals surface area contributed by atoms with Gasteiger partial charge in [0, 0.05) is 12.7 Å². The molecule has 1 aliphatic rings. The maximum absolute atomic E-state index is 11.5. The molecule has 0 spiro atoms. The Morgan fingerprint density at radius 3 is 3.07 bits per heavy atom. The molecule has 0 amide bonds. The summed E-state index contributed by atoms with van der Waals surface area (Å²) < 4.78 is 6.79. The first-order valence-corrected chi connectivity index (χ1v) is 5.12. The minimum Gasteiger partial charge on any atom is -0.390 e. The highest BCUT2D eigenvalue weighted by atomic mass is 16.5. The minimum absolute atomic E-state index is 0.160. The second-order valence-corrected chi connectivity index (χ2v) is 3.59. The third kappa shape index (κ3) is 2.24. The van der Waals surface area contributed by atoms with Gasteiger partial charge in [0.05, 0.1) is 12.3 Å². The zero-order valence-corrected chi connectivity index (χ0v) is 8.43. The molecule has 82 valence electrons. The Morgan fingerprint density at radius 1 is 1.53 bits per heavy atom. The molecule has 1 aliphatic heterocycles. The monoisotopic (exact) mass is 210 g/mol. The highest BCUT2D eigenvalue weighted by Crippen LogP contribution is 2.19. The van der Waals surface area contributed by atoms with Crippen LogP contribution in [0, 0.1) is 0 Å². The van der Waals surface area contributed by atoms with Crippen molar-refractivity contribution >= 4 is 0 Å². The number of ether oxygens (including phenoxy) is 1. The van der Waals surface area contributed by atoms with Gasteiger partial charge < -0.3 is 9.84 Å². The van der Waals surface area contributed by atoms with E-state index >= 15 is 0 Å². The van der Waals surface area contributed by atoms with Crippen LogP contribution >= 0.6 is 0 Å². The Hall–Kier alpha value is -1.20. The second kappa shape index (κ2) is 4.55. The topological polar surface area (TPSA) is 64.3 Å². The normalized spacial score (nSPS) is 21.5. The van der Waals surface area contributed by atoms with Crippen LogP contribution in [0.3, 0.4) is 0 Å². The molecule has 0 aliphatic carbocycles. The number of nitrogens with zero attached hydrogens (tertiary/aromatic N) is 2. The van der Waals surface area contributed by atoms with Crippen LogP contribution in [0.25, 0.3) is 0 Å². The third-order valence-electron chi connectivity index (χ3n) is 2.47. The maximum Gasteiger partial charge on any atom is 0.269 e. The van der Waals surface area contributed by atoms with Crippen LogP contribution in [-0.4, -0.2) is 21.5 Å². The highest BCUT2D eigenvalue weighted by Gasteiger charge is 2.17.